The van der Waals surface area contributed by atoms with Crippen molar-refractivity contribution in [2.45, 2.75) is 50.5 Å². The molecule has 2 unspecified atom stereocenters. The fourth-order valence-electron chi connectivity index (χ4n) is 3.37. The molecule has 19 heavy (non-hydrogen) atoms. The third-order valence-electron chi connectivity index (χ3n) is 4.34. The second kappa shape index (κ2) is 4.91. The molecule has 1 aliphatic carbocycles. The second-order valence-electron chi connectivity index (χ2n) is 6.10. The molecule has 0 saturated carbocycles. The topological polar surface area (TPSA) is 40.5 Å². The van der Waals surface area contributed by atoms with E-state index in [1.54, 1.807) is 11.3 Å². The van der Waals surface area contributed by atoms with Gasteiger partial charge >= 0.3 is 0 Å². The van der Waals surface area contributed by atoms with Gasteiger partial charge in [-0.2, -0.15) is 0 Å². The SMILES string of the molecule is CC1(O)CCCN(C(=O)C2CCCc3sccc32)C1. The van der Waals surface area contributed by atoms with Gasteiger partial charge in [0, 0.05) is 18.0 Å². The maximum absolute atomic E-state index is 12.7. The van der Waals surface area contributed by atoms with Crippen LogP contribution in [0.1, 0.15) is 49.0 Å². The molecule has 1 saturated heterocycles. The number of aryl methyl sites for hydroxylation is 1. The minimum Gasteiger partial charge on any atom is -0.388 e. The molecule has 0 aromatic carbocycles. The third-order valence-corrected chi connectivity index (χ3v) is 5.33. The molecule has 2 atom stereocenters. The number of thiophene rings is 1. The maximum Gasteiger partial charge on any atom is 0.230 e. The van der Waals surface area contributed by atoms with Crippen LogP contribution in [0.5, 0.6) is 0 Å². The number of carbonyl (C=O) groups excluding carboxylic acids is 1. The van der Waals surface area contributed by atoms with E-state index in [1.165, 1.54) is 10.4 Å². The molecule has 1 aromatic heterocycles. The minimum absolute atomic E-state index is 0.0314. The highest BCUT2D eigenvalue weighted by molar-refractivity contribution is 7.10. The van der Waals surface area contributed by atoms with Crippen LogP contribution in [0.4, 0.5) is 0 Å². The van der Waals surface area contributed by atoms with Crippen LogP contribution in [-0.2, 0) is 11.2 Å². The standard InChI is InChI=1S/C15H21NO2S/c1-15(18)7-3-8-16(10-15)14(17)12-4-2-5-13-11(12)6-9-19-13/h6,9,12,18H,2-5,7-8,10H2,1H3. The Balaban J connectivity index is 1.78. The summed E-state index contributed by atoms with van der Waals surface area (Å²) in [4.78, 5) is 16.0. The van der Waals surface area contributed by atoms with Gasteiger partial charge in [-0.1, -0.05) is 0 Å². The zero-order chi connectivity index (χ0) is 13.5. The van der Waals surface area contributed by atoms with Gasteiger partial charge in [0.1, 0.15) is 0 Å². The number of rotatable bonds is 1. The van der Waals surface area contributed by atoms with E-state index in [4.69, 9.17) is 0 Å². The van der Waals surface area contributed by atoms with Crippen LogP contribution in [-0.4, -0.2) is 34.6 Å². The number of hydrogen-bond acceptors (Lipinski definition) is 3. The summed E-state index contributed by atoms with van der Waals surface area (Å²) >= 11 is 1.77. The average molecular weight is 279 g/mol. The van der Waals surface area contributed by atoms with Gasteiger partial charge in [0.05, 0.1) is 11.5 Å². The van der Waals surface area contributed by atoms with Gasteiger partial charge in [-0.25, -0.2) is 0 Å². The highest BCUT2D eigenvalue weighted by atomic mass is 32.1. The number of fused-ring (bicyclic) bond motifs is 1. The summed E-state index contributed by atoms with van der Waals surface area (Å²) in [6.45, 7) is 3.12. The molecule has 1 aromatic rings. The lowest BCUT2D eigenvalue weighted by Crippen LogP contribution is -2.50. The summed E-state index contributed by atoms with van der Waals surface area (Å²) in [6, 6.07) is 2.11. The first-order valence-electron chi connectivity index (χ1n) is 7.14. The number of likely N-dealkylation sites (tertiary alicyclic amines) is 1. The molecular formula is C15H21NO2S. The molecule has 2 heterocycles. The summed E-state index contributed by atoms with van der Waals surface area (Å²) in [6.07, 6.45) is 4.89. The lowest BCUT2D eigenvalue weighted by molar-refractivity contribution is -0.139. The van der Waals surface area contributed by atoms with Crippen LogP contribution in [0, 0.1) is 0 Å². The predicted molar refractivity (Wildman–Crippen MR) is 76.4 cm³/mol. The normalized spacial score (nSPS) is 31.1. The highest BCUT2D eigenvalue weighted by Crippen LogP contribution is 2.37. The molecule has 1 amide bonds. The van der Waals surface area contributed by atoms with Crippen molar-refractivity contribution in [3.05, 3.63) is 21.9 Å². The number of piperidine rings is 1. The minimum atomic E-state index is -0.708. The van der Waals surface area contributed by atoms with Gasteiger partial charge < -0.3 is 10.0 Å². The van der Waals surface area contributed by atoms with Gasteiger partial charge in [-0.3, -0.25) is 4.79 Å². The van der Waals surface area contributed by atoms with Gasteiger partial charge in [0.15, 0.2) is 0 Å². The molecule has 2 aliphatic rings. The Morgan fingerprint density at radius 3 is 3.16 bits per heavy atom. The Morgan fingerprint density at radius 1 is 1.53 bits per heavy atom. The zero-order valence-corrected chi connectivity index (χ0v) is 12.2. The summed E-state index contributed by atoms with van der Waals surface area (Å²) in [5, 5.41) is 12.3. The van der Waals surface area contributed by atoms with Gasteiger partial charge in [-0.05, 0) is 56.0 Å². The largest absolute Gasteiger partial charge is 0.388 e. The number of carbonyl (C=O) groups is 1. The van der Waals surface area contributed by atoms with E-state index in [0.29, 0.717) is 6.54 Å². The van der Waals surface area contributed by atoms with Crippen molar-refractivity contribution in [1.29, 1.82) is 0 Å². The van der Waals surface area contributed by atoms with Crippen molar-refractivity contribution >= 4 is 17.2 Å². The summed E-state index contributed by atoms with van der Waals surface area (Å²) in [5.41, 5.74) is 0.534. The first kappa shape index (κ1) is 13.1. The van der Waals surface area contributed by atoms with Crippen LogP contribution < -0.4 is 0 Å². The molecule has 3 nitrogen and oxygen atoms in total. The number of β-amino-alcohol motifs (C(OH)–C–C–N with tert-alkyl or cyclic N) is 1. The molecule has 0 radical (unpaired) electrons. The molecule has 3 rings (SSSR count). The van der Waals surface area contributed by atoms with Gasteiger partial charge in [-0.15, -0.1) is 11.3 Å². The number of nitrogens with zero attached hydrogens (tertiary/aromatic N) is 1. The lowest BCUT2D eigenvalue weighted by Gasteiger charge is -2.39. The maximum atomic E-state index is 12.7. The second-order valence-corrected chi connectivity index (χ2v) is 7.10. The molecule has 0 spiro atoms. The van der Waals surface area contributed by atoms with Gasteiger partial charge in [0.2, 0.25) is 5.91 Å². The molecule has 1 aliphatic heterocycles. The Bertz CT molecular complexity index is 480. The van der Waals surface area contributed by atoms with Crippen LogP contribution >= 0.6 is 11.3 Å². The Labute approximate surface area is 118 Å². The van der Waals surface area contributed by atoms with E-state index in [0.717, 1.165) is 38.6 Å². The predicted octanol–water partition coefficient (Wildman–Crippen LogP) is 2.54. The first-order chi connectivity index (χ1) is 9.07. The van der Waals surface area contributed by atoms with Crippen molar-refractivity contribution in [3.8, 4) is 0 Å². The van der Waals surface area contributed by atoms with Crippen molar-refractivity contribution in [3.63, 3.8) is 0 Å². The first-order valence-corrected chi connectivity index (χ1v) is 8.02. The fourth-order valence-corrected chi connectivity index (χ4v) is 4.36. The summed E-state index contributed by atoms with van der Waals surface area (Å²) in [7, 11) is 0. The highest BCUT2D eigenvalue weighted by Gasteiger charge is 2.36. The van der Waals surface area contributed by atoms with Crippen molar-refractivity contribution in [2.24, 2.45) is 0 Å². The number of hydrogen-bond donors (Lipinski definition) is 1. The molecule has 4 heteroatoms. The summed E-state index contributed by atoms with van der Waals surface area (Å²) in [5.74, 6) is 0.253. The molecular weight excluding hydrogens is 258 g/mol. The van der Waals surface area contributed by atoms with Crippen molar-refractivity contribution < 1.29 is 9.90 Å². The number of amides is 1. The van der Waals surface area contributed by atoms with Crippen LogP contribution in [0.25, 0.3) is 0 Å². The summed E-state index contributed by atoms with van der Waals surface area (Å²) < 4.78 is 0. The third kappa shape index (κ3) is 2.56. The van der Waals surface area contributed by atoms with Crippen molar-refractivity contribution in [2.75, 3.05) is 13.1 Å². The van der Waals surface area contributed by atoms with E-state index in [9.17, 15) is 9.90 Å². The molecule has 1 N–H and O–H groups in total. The van der Waals surface area contributed by atoms with E-state index < -0.39 is 5.60 Å². The van der Waals surface area contributed by atoms with E-state index in [-0.39, 0.29) is 11.8 Å². The fraction of sp³-hybridized carbons (Fsp3) is 0.667. The zero-order valence-electron chi connectivity index (χ0n) is 11.4. The van der Waals surface area contributed by atoms with Gasteiger partial charge in [0.25, 0.3) is 0 Å². The van der Waals surface area contributed by atoms with E-state index in [2.05, 4.69) is 11.4 Å². The lowest BCUT2D eigenvalue weighted by atomic mass is 9.85. The molecule has 1 fully saturated rings. The Hall–Kier alpha value is -0.870. The van der Waals surface area contributed by atoms with E-state index >= 15 is 0 Å². The smallest absolute Gasteiger partial charge is 0.230 e. The average Bonchev–Trinajstić information content (AvgIpc) is 2.84. The molecule has 104 valence electrons. The van der Waals surface area contributed by atoms with E-state index in [1.807, 2.05) is 11.8 Å². The number of aliphatic hydroxyl groups is 1. The monoisotopic (exact) mass is 279 g/mol. The van der Waals surface area contributed by atoms with Crippen LogP contribution in [0.2, 0.25) is 0 Å². The molecule has 0 bridgehead atoms. The Kier molecular flexibility index (Phi) is 3.39. The van der Waals surface area contributed by atoms with Crippen molar-refractivity contribution in [1.82, 2.24) is 4.90 Å². The Morgan fingerprint density at radius 2 is 2.37 bits per heavy atom. The van der Waals surface area contributed by atoms with Crippen LogP contribution in [0.3, 0.4) is 0 Å². The quantitative estimate of drug-likeness (QED) is 0.858. The van der Waals surface area contributed by atoms with Crippen LogP contribution in [0.15, 0.2) is 11.4 Å².